The van der Waals surface area contributed by atoms with Crippen LogP contribution >= 0.6 is 23.1 Å². The Balaban J connectivity index is 2.13. The molecule has 4 heteroatoms. The molecule has 0 bridgehead atoms. The van der Waals surface area contributed by atoms with E-state index in [2.05, 4.69) is 19.9 Å². The lowest BCUT2D eigenvalue weighted by atomic mass is 10.1. The van der Waals surface area contributed by atoms with Crippen LogP contribution in [0.25, 0.3) is 0 Å². The van der Waals surface area contributed by atoms with E-state index in [1.165, 1.54) is 14.6 Å². The van der Waals surface area contributed by atoms with Gasteiger partial charge in [0.1, 0.15) is 0 Å². The molecular formula is C16H18O2S2. The van der Waals surface area contributed by atoms with E-state index in [1.54, 1.807) is 11.8 Å². The smallest absolute Gasteiger partial charge is 0.338 e. The maximum atomic E-state index is 11.9. The van der Waals surface area contributed by atoms with Gasteiger partial charge in [0.2, 0.25) is 0 Å². The summed E-state index contributed by atoms with van der Waals surface area (Å²) < 4.78 is 5.10. The second-order valence-electron chi connectivity index (χ2n) is 4.44. The van der Waals surface area contributed by atoms with Gasteiger partial charge in [-0.2, -0.15) is 0 Å². The summed E-state index contributed by atoms with van der Waals surface area (Å²) in [6.07, 6.45) is 0. The van der Waals surface area contributed by atoms with Gasteiger partial charge < -0.3 is 4.74 Å². The van der Waals surface area contributed by atoms with Gasteiger partial charge in [-0.1, -0.05) is 18.2 Å². The molecule has 1 aromatic heterocycles. The van der Waals surface area contributed by atoms with Gasteiger partial charge in [-0.25, -0.2) is 4.79 Å². The van der Waals surface area contributed by atoms with E-state index in [9.17, 15) is 4.79 Å². The molecule has 0 atom stereocenters. The first-order valence-electron chi connectivity index (χ1n) is 6.56. The highest BCUT2D eigenvalue weighted by Crippen LogP contribution is 2.32. The van der Waals surface area contributed by atoms with Crippen LogP contribution in [0.3, 0.4) is 0 Å². The van der Waals surface area contributed by atoms with Crippen LogP contribution in [0.4, 0.5) is 0 Å². The molecule has 2 rings (SSSR count). The van der Waals surface area contributed by atoms with E-state index < -0.39 is 0 Å². The number of ether oxygens (including phenoxy) is 1. The van der Waals surface area contributed by atoms with Crippen molar-refractivity contribution in [2.24, 2.45) is 0 Å². The fraction of sp³-hybridized carbons (Fsp3) is 0.312. The average molecular weight is 306 g/mol. The van der Waals surface area contributed by atoms with E-state index >= 15 is 0 Å². The summed E-state index contributed by atoms with van der Waals surface area (Å²) >= 11 is 3.58. The fourth-order valence-corrected chi connectivity index (χ4v) is 4.18. The predicted octanol–water partition coefficient (Wildman–Crippen LogP) is 4.83. The van der Waals surface area contributed by atoms with Crippen molar-refractivity contribution < 1.29 is 9.53 Å². The van der Waals surface area contributed by atoms with Gasteiger partial charge in [-0.3, -0.25) is 0 Å². The molecule has 0 aliphatic heterocycles. The average Bonchev–Trinajstić information content (AvgIpc) is 2.75. The topological polar surface area (TPSA) is 26.3 Å². The van der Waals surface area contributed by atoms with Gasteiger partial charge in [-0.05, 0) is 38.5 Å². The number of esters is 1. The summed E-state index contributed by atoms with van der Waals surface area (Å²) in [6, 6.07) is 9.87. The number of thiophene rings is 1. The second-order valence-corrected chi connectivity index (χ2v) is 6.92. The summed E-state index contributed by atoms with van der Waals surface area (Å²) in [5.74, 6) is 0.549. The van der Waals surface area contributed by atoms with E-state index in [1.807, 2.05) is 42.5 Å². The molecule has 2 aromatic rings. The maximum Gasteiger partial charge on any atom is 0.338 e. The monoisotopic (exact) mass is 306 g/mol. The van der Waals surface area contributed by atoms with E-state index in [0.29, 0.717) is 12.2 Å². The lowest BCUT2D eigenvalue weighted by molar-refractivity contribution is 0.0525. The van der Waals surface area contributed by atoms with E-state index in [0.717, 1.165) is 11.3 Å². The molecule has 106 valence electrons. The van der Waals surface area contributed by atoms with Crippen LogP contribution in [-0.4, -0.2) is 12.6 Å². The van der Waals surface area contributed by atoms with Gasteiger partial charge in [0, 0.05) is 20.4 Å². The molecule has 0 radical (unpaired) electrons. The normalized spacial score (nSPS) is 10.6. The highest BCUT2D eigenvalue weighted by atomic mass is 32.2. The zero-order valence-corrected chi connectivity index (χ0v) is 13.6. The summed E-state index contributed by atoms with van der Waals surface area (Å²) in [4.78, 5) is 15.9. The standard InChI is InChI=1S/C16H18O2S2/c1-4-18-16(17)14-8-6-5-7-13(14)10-19-15-9-11(2)20-12(15)3/h5-9H,4,10H2,1-3H3. The summed E-state index contributed by atoms with van der Waals surface area (Å²) in [5.41, 5.74) is 1.70. The van der Waals surface area contributed by atoms with Crippen molar-refractivity contribution in [2.45, 2.75) is 31.4 Å². The maximum absolute atomic E-state index is 11.9. The van der Waals surface area contributed by atoms with Gasteiger partial charge in [-0.15, -0.1) is 23.1 Å². The zero-order chi connectivity index (χ0) is 14.5. The molecule has 0 aliphatic carbocycles. The molecular weight excluding hydrogens is 288 g/mol. The zero-order valence-electron chi connectivity index (χ0n) is 11.9. The first-order valence-corrected chi connectivity index (χ1v) is 8.37. The number of carbonyl (C=O) groups excluding carboxylic acids is 1. The highest BCUT2D eigenvalue weighted by Gasteiger charge is 2.12. The van der Waals surface area contributed by atoms with Crippen LogP contribution < -0.4 is 0 Å². The third kappa shape index (κ3) is 3.64. The number of thioether (sulfide) groups is 1. The first-order chi connectivity index (χ1) is 9.61. The van der Waals surface area contributed by atoms with Crippen molar-refractivity contribution in [1.82, 2.24) is 0 Å². The van der Waals surface area contributed by atoms with E-state index in [4.69, 9.17) is 4.74 Å². The van der Waals surface area contributed by atoms with Gasteiger partial charge in [0.25, 0.3) is 0 Å². The number of carbonyl (C=O) groups is 1. The van der Waals surface area contributed by atoms with Crippen LogP contribution in [0.5, 0.6) is 0 Å². The van der Waals surface area contributed by atoms with Crippen molar-refractivity contribution in [3.63, 3.8) is 0 Å². The number of hydrogen-bond acceptors (Lipinski definition) is 4. The largest absolute Gasteiger partial charge is 0.462 e. The fourth-order valence-electron chi connectivity index (χ4n) is 1.96. The Kier molecular flexibility index (Phi) is 5.26. The molecule has 1 aromatic carbocycles. The SMILES string of the molecule is CCOC(=O)c1ccccc1CSc1cc(C)sc1C. The lowest BCUT2D eigenvalue weighted by Gasteiger charge is -2.08. The summed E-state index contributed by atoms with van der Waals surface area (Å²) in [5, 5.41) is 0. The minimum absolute atomic E-state index is 0.234. The Morgan fingerprint density at radius 1 is 1.30 bits per heavy atom. The van der Waals surface area contributed by atoms with Gasteiger partial charge in [0.05, 0.1) is 12.2 Å². The van der Waals surface area contributed by atoms with Crippen molar-refractivity contribution in [2.75, 3.05) is 6.61 Å². The Bertz CT molecular complexity index is 602. The molecule has 2 nitrogen and oxygen atoms in total. The first kappa shape index (κ1) is 15.1. The molecule has 0 unspecified atom stereocenters. The molecule has 0 N–H and O–H groups in total. The van der Waals surface area contributed by atoms with Crippen LogP contribution in [-0.2, 0) is 10.5 Å². The van der Waals surface area contributed by atoms with Gasteiger partial charge >= 0.3 is 5.97 Å². The second kappa shape index (κ2) is 6.95. The quantitative estimate of drug-likeness (QED) is 0.584. The molecule has 0 spiro atoms. The summed E-state index contributed by atoms with van der Waals surface area (Å²) in [7, 11) is 0. The van der Waals surface area contributed by atoms with Crippen LogP contribution in [0.1, 0.15) is 32.6 Å². The van der Waals surface area contributed by atoms with Crippen molar-refractivity contribution in [3.8, 4) is 0 Å². The summed E-state index contributed by atoms with van der Waals surface area (Å²) in [6.45, 7) is 6.49. The van der Waals surface area contributed by atoms with Crippen molar-refractivity contribution in [3.05, 3.63) is 51.2 Å². The number of hydrogen-bond donors (Lipinski definition) is 0. The van der Waals surface area contributed by atoms with Crippen LogP contribution in [0, 0.1) is 13.8 Å². The molecule has 0 saturated heterocycles. The van der Waals surface area contributed by atoms with Crippen molar-refractivity contribution >= 4 is 29.1 Å². The Morgan fingerprint density at radius 2 is 2.05 bits per heavy atom. The molecule has 0 amide bonds. The molecule has 0 fully saturated rings. The number of rotatable bonds is 5. The molecule has 0 saturated carbocycles. The van der Waals surface area contributed by atoms with Crippen molar-refractivity contribution in [1.29, 1.82) is 0 Å². The predicted molar refractivity (Wildman–Crippen MR) is 85.8 cm³/mol. The number of aryl methyl sites for hydroxylation is 2. The Morgan fingerprint density at radius 3 is 2.70 bits per heavy atom. The third-order valence-corrected chi connectivity index (χ3v) is 5.18. The van der Waals surface area contributed by atoms with Gasteiger partial charge in [0.15, 0.2) is 0 Å². The highest BCUT2D eigenvalue weighted by molar-refractivity contribution is 7.98. The number of benzene rings is 1. The lowest BCUT2D eigenvalue weighted by Crippen LogP contribution is -2.07. The Hall–Kier alpha value is -1.26. The third-order valence-electron chi connectivity index (χ3n) is 2.89. The van der Waals surface area contributed by atoms with E-state index in [-0.39, 0.29) is 5.97 Å². The minimum Gasteiger partial charge on any atom is -0.462 e. The Labute approximate surface area is 128 Å². The molecule has 20 heavy (non-hydrogen) atoms. The van der Waals surface area contributed by atoms with Crippen LogP contribution in [0.2, 0.25) is 0 Å². The molecule has 0 aliphatic rings. The van der Waals surface area contributed by atoms with Crippen LogP contribution in [0.15, 0.2) is 35.2 Å². The minimum atomic E-state index is -0.234. The molecule has 1 heterocycles.